The highest BCUT2D eigenvalue weighted by Gasteiger charge is 2.19. The Morgan fingerprint density at radius 1 is 1.23 bits per heavy atom. The fraction of sp³-hybridized carbons (Fsp3) is 0.875. The van der Waals surface area contributed by atoms with Crippen LogP contribution in [0.3, 0.4) is 0 Å². The lowest BCUT2D eigenvalue weighted by Gasteiger charge is -2.12. The molecule has 0 bridgehead atoms. The topological polar surface area (TPSA) is 52.6 Å². The molecule has 0 aliphatic rings. The maximum Gasteiger partial charge on any atom is 0.330 e. The molecule has 0 saturated heterocycles. The molecule has 0 aromatic rings. The Kier molecular flexibility index (Phi) is 6.21. The maximum atomic E-state index is 11.5. The van der Waals surface area contributed by atoms with E-state index in [1.165, 1.54) is 14.2 Å². The minimum atomic E-state index is -2.85. The quantitative estimate of drug-likeness (QED) is 0.475. The van der Waals surface area contributed by atoms with Crippen molar-refractivity contribution < 1.29 is 18.4 Å². The largest absolute Gasteiger partial charge is 0.330 e. The van der Waals surface area contributed by atoms with Crippen LogP contribution in [0.15, 0.2) is 0 Å². The minimum Gasteiger partial charge on any atom is -0.312 e. The predicted octanol–water partition coefficient (Wildman–Crippen LogP) is 2.23. The van der Waals surface area contributed by atoms with Crippen LogP contribution in [0.5, 0.6) is 0 Å². The fourth-order valence-corrected chi connectivity index (χ4v) is 2.06. The molecule has 4 nitrogen and oxygen atoms in total. The van der Waals surface area contributed by atoms with E-state index in [4.69, 9.17) is 9.05 Å². The van der Waals surface area contributed by atoms with Gasteiger partial charge in [0, 0.05) is 20.6 Å². The van der Waals surface area contributed by atoms with Crippen molar-refractivity contribution in [2.45, 2.75) is 26.2 Å². The normalized spacial score (nSPS) is 11.6. The Labute approximate surface area is 79.1 Å². The lowest BCUT2D eigenvalue weighted by atomic mass is 10.2. The van der Waals surface area contributed by atoms with Gasteiger partial charge in [-0.05, 0) is 19.8 Å². The molecule has 0 atom stereocenters. The number of hydrogen-bond acceptors (Lipinski definition) is 4. The second-order valence-corrected chi connectivity index (χ2v) is 5.26. The van der Waals surface area contributed by atoms with Crippen molar-refractivity contribution in [1.29, 1.82) is 0 Å². The van der Waals surface area contributed by atoms with E-state index in [1.807, 2.05) is 0 Å². The number of rotatable bonds is 7. The molecule has 0 heterocycles. The summed E-state index contributed by atoms with van der Waals surface area (Å²) in [5, 5.41) is 0. The zero-order valence-electron chi connectivity index (χ0n) is 8.41. The molecule has 0 fully saturated rings. The van der Waals surface area contributed by atoms with Gasteiger partial charge in [0.2, 0.25) is 0 Å². The Hall–Kier alpha value is -0.180. The summed E-state index contributed by atoms with van der Waals surface area (Å²) in [7, 11) is -0.112. The van der Waals surface area contributed by atoms with Gasteiger partial charge >= 0.3 is 7.60 Å². The summed E-state index contributed by atoms with van der Waals surface area (Å²) < 4.78 is 21.0. The van der Waals surface area contributed by atoms with Crippen molar-refractivity contribution >= 4 is 13.4 Å². The van der Waals surface area contributed by atoms with Crippen molar-refractivity contribution in [1.82, 2.24) is 0 Å². The van der Waals surface area contributed by atoms with Crippen molar-refractivity contribution in [3.8, 4) is 0 Å². The first-order chi connectivity index (χ1) is 6.04. The van der Waals surface area contributed by atoms with Gasteiger partial charge in [0.15, 0.2) is 0 Å². The summed E-state index contributed by atoms with van der Waals surface area (Å²) in [5.41, 5.74) is 0. The molecule has 0 spiro atoms. The first-order valence-electron chi connectivity index (χ1n) is 4.24. The Bertz CT molecular complexity index is 194. The van der Waals surface area contributed by atoms with Gasteiger partial charge < -0.3 is 13.8 Å². The summed E-state index contributed by atoms with van der Waals surface area (Å²) >= 11 is 0. The average Bonchev–Trinajstić information content (AvgIpc) is 2.12. The molecule has 0 radical (unpaired) electrons. The zero-order valence-corrected chi connectivity index (χ0v) is 9.30. The van der Waals surface area contributed by atoms with E-state index < -0.39 is 7.60 Å². The second kappa shape index (κ2) is 6.30. The summed E-state index contributed by atoms with van der Waals surface area (Å²) in [6, 6.07) is 0. The molecule has 13 heavy (non-hydrogen) atoms. The second-order valence-electron chi connectivity index (χ2n) is 2.86. The third-order valence-corrected chi connectivity index (χ3v) is 3.74. The van der Waals surface area contributed by atoms with E-state index in [1.54, 1.807) is 6.92 Å². The van der Waals surface area contributed by atoms with Gasteiger partial charge in [-0.1, -0.05) is 0 Å². The highest BCUT2D eigenvalue weighted by atomic mass is 31.2. The maximum absolute atomic E-state index is 11.5. The summed E-state index contributed by atoms with van der Waals surface area (Å²) in [6.45, 7) is 1.55. The molecule has 0 aromatic carbocycles. The van der Waals surface area contributed by atoms with E-state index in [0.717, 1.165) is 6.42 Å². The van der Waals surface area contributed by atoms with Gasteiger partial charge in [0.25, 0.3) is 0 Å². The van der Waals surface area contributed by atoms with Gasteiger partial charge in [-0.25, -0.2) is 0 Å². The minimum absolute atomic E-state index is 0.157. The number of Topliss-reactive ketones (excluding diaryl/α,β-unsaturated/α-hetero) is 1. The van der Waals surface area contributed by atoms with Gasteiger partial charge in [0.05, 0.1) is 6.16 Å². The van der Waals surface area contributed by atoms with Crippen molar-refractivity contribution in [2.24, 2.45) is 0 Å². The van der Waals surface area contributed by atoms with Crippen LogP contribution in [0.2, 0.25) is 0 Å². The van der Waals surface area contributed by atoms with Gasteiger partial charge in [-0.15, -0.1) is 0 Å². The number of carbonyl (C=O) groups is 1. The van der Waals surface area contributed by atoms with Gasteiger partial charge in [0.1, 0.15) is 5.78 Å². The third kappa shape index (κ3) is 5.97. The molecule has 0 saturated carbocycles. The van der Waals surface area contributed by atoms with Crippen LogP contribution >= 0.6 is 7.60 Å². The lowest BCUT2D eigenvalue weighted by Crippen LogP contribution is -1.96. The molecule has 0 rings (SSSR count). The van der Waals surface area contributed by atoms with Crippen LogP contribution < -0.4 is 0 Å². The highest BCUT2D eigenvalue weighted by molar-refractivity contribution is 7.53. The van der Waals surface area contributed by atoms with Crippen LogP contribution in [0, 0.1) is 0 Å². The molecule has 0 aliphatic heterocycles. The molecule has 0 amide bonds. The monoisotopic (exact) mass is 208 g/mol. The summed E-state index contributed by atoms with van der Waals surface area (Å²) in [4.78, 5) is 10.6. The zero-order chi connectivity index (χ0) is 10.3. The number of carbonyl (C=O) groups excluding carboxylic acids is 1. The van der Waals surface area contributed by atoms with Crippen LogP contribution in [0.4, 0.5) is 0 Å². The average molecular weight is 208 g/mol. The Balaban J connectivity index is 3.62. The van der Waals surface area contributed by atoms with Crippen LogP contribution in [-0.2, 0) is 18.4 Å². The van der Waals surface area contributed by atoms with Gasteiger partial charge in [-0.2, -0.15) is 0 Å². The molecule has 0 unspecified atom stereocenters. The van der Waals surface area contributed by atoms with Gasteiger partial charge in [-0.3, -0.25) is 4.57 Å². The van der Waals surface area contributed by atoms with Crippen LogP contribution in [-0.4, -0.2) is 26.2 Å². The number of unbranched alkanes of at least 4 members (excludes halogenated alkanes) is 1. The van der Waals surface area contributed by atoms with E-state index in [-0.39, 0.29) is 5.78 Å². The van der Waals surface area contributed by atoms with Crippen LogP contribution in [0.1, 0.15) is 26.2 Å². The smallest absolute Gasteiger partial charge is 0.312 e. The summed E-state index contributed by atoms with van der Waals surface area (Å²) in [6.07, 6.45) is 2.35. The van der Waals surface area contributed by atoms with Crippen LogP contribution in [0.25, 0.3) is 0 Å². The van der Waals surface area contributed by atoms with Crippen molar-refractivity contribution in [2.75, 3.05) is 20.4 Å². The molecular weight excluding hydrogens is 191 g/mol. The number of ketones is 1. The van der Waals surface area contributed by atoms with E-state index >= 15 is 0 Å². The van der Waals surface area contributed by atoms with Crippen molar-refractivity contribution in [3.05, 3.63) is 0 Å². The number of hydrogen-bond donors (Lipinski definition) is 0. The van der Waals surface area contributed by atoms with E-state index in [0.29, 0.717) is 19.0 Å². The standard InChI is InChI=1S/C8H17O4P/c1-8(9)6-4-5-7-13(10,11-2)12-3/h4-7H2,1-3H3. The molecule has 78 valence electrons. The molecular formula is C8H17O4P. The fourth-order valence-electron chi connectivity index (χ4n) is 0.937. The Morgan fingerprint density at radius 3 is 2.15 bits per heavy atom. The SMILES string of the molecule is COP(=O)(CCCCC(C)=O)OC. The molecule has 5 heteroatoms. The molecule has 0 N–H and O–H groups in total. The molecule has 0 aromatic heterocycles. The third-order valence-electron chi connectivity index (χ3n) is 1.77. The van der Waals surface area contributed by atoms with E-state index in [9.17, 15) is 9.36 Å². The summed E-state index contributed by atoms with van der Waals surface area (Å²) in [5.74, 6) is 0.157. The van der Waals surface area contributed by atoms with Crippen molar-refractivity contribution in [3.63, 3.8) is 0 Å². The lowest BCUT2D eigenvalue weighted by molar-refractivity contribution is -0.117. The van der Waals surface area contributed by atoms with E-state index in [2.05, 4.69) is 0 Å². The first kappa shape index (κ1) is 12.8. The predicted molar refractivity (Wildman–Crippen MR) is 51.0 cm³/mol. The molecule has 0 aliphatic carbocycles. The highest BCUT2D eigenvalue weighted by Crippen LogP contribution is 2.46. The Morgan fingerprint density at radius 2 is 1.77 bits per heavy atom. The first-order valence-corrected chi connectivity index (χ1v) is 5.97.